The minimum absolute atomic E-state index is 0.206. The topological polar surface area (TPSA) is 63.2 Å². The van der Waals surface area contributed by atoms with Gasteiger partial charge in [-0.05, 0) is 29.7 Å². The Balaban J connectivity index is 2.13. The number of anilines is 2. The molecule has 0 spiro atoms. The number of pyridine rings is 1. The van der Waals surface area contributed by atoms with Crippen LogP contribution in [0.1, 0.15) is 35.8 Å². The third-order valence-corrected chi connectivity index (χ3v) is 3.45. The van der Waals surface area contributed by atoms with Crippen LogP contribution in [-0.4, -0.2) is 31.2 Å². The van der Waals surface area contributed by atoms with Gasteiger partial charge >= 0.3 is 0 Å². The van der Waals surface area contributed by atoms with E-state index < -0.39 is 0 Å². The van der Waals surface area contributed by atoms with E-state index in [9.17, 15) is 4.79 Å². The van der Waals surface area contributed by atoms with Gasteiger partial charge in [0.05, 0.1) is 6.61 Å². The Hall–Kier alpha value is -2.40. The molecule has 122 valence electrons. The number of aromatic nitrogens is 1. The molecule has 5 heteroatoms. The van der Waals surface area contributed by atoms with Crippen LogP contribution in [0.3, 0.4) is 0 Å². The predicted molar refractivity (Wildman–Crippen MR) is 92.3 cm³/mol. The summed E-state index contributed by atoms with van der Waals surface area (Å²) in [6.07, 6.45) is 1.63. The Bertz CT molecular complexity index is 656. The predicted octanol–water partition coefficient (Wildman–Crippen LogP) is 3.32. The summed E-state index contributed by atoms with van der Waals surface area (Å²) in [7, 11) is 1.60. The molecule has 23 heavy (non-hydrogen) atoms. The number of benzene rings is 1. The van der Waals surface area contributed by atoms with Crippen molar-refractivity contribution in [3.8, 4) is 0 Å². The third-order valence-electron chi connectivity index (χ3n) is 3.45. The van der Waals surface area contributed by atoms with Crippen LogP contribution in [0.25, 0.3) is 0 Å². The van der Waals surface area contributed by atoms with Crippen molar-refractivity contribution in [3.63, 3.8) is 0 Å². The maximum absolute atomic E-state index is 12.0. The molecule has 2 N–H and O–H groups in total. The van der Waals surface area contributed by atoms with E-state index >= 15 is 0 Å². The van der Waals surface area contributed by atoms with Crippen LogP contribution in [0.5, 0.6) is 0 Å². The molecule has 0 aliphatic carbocycles. The second kappa shape index (κ2) is 8.29. The van der Waals surface area contributed by atoms with Gasteiger partial charge in [-0.3, -0.25) is 9.78 Å². The number of nitrogens with one attached hydrogen (secondary N) is 2. The third kappa shape index (κ3) is 4.79. The Morgan fingerprint density at radius 2 is 2.04 bits per heavy atom. The molecule has 0 saturated heterocycles. The number of carbonyl (C=O) groups is 1. The normalized spacial score (nSPS) is 10.6. The van der Waals surface area contributed by atoms with Crippen LogP contribution in [0.15, 0.2) is 42.6 Å². The van der Waals surface area contributed by atoms with E-state index in [0.29, 0.717) is 24.8 Å². The average Bonchev–Trinajstić information content (AvgIpc) is 2.55. The van der Waals surface area contributed by atoms with Gasteiger partial charge in [-0.1, -0.05) is 32.0 Å². The largest absolute Gasteiger partial charge is 0.383 e. The molecule has 1 aromatic heterocycles. The molecule has 1 aromatic carbocycles. The van der Waals surface area contributed by atoms with Crippen LogP contribution in [0.2, 0.25) is 0 Å². The Morgan fingerprint density at radius 1 is 1.26 bits per heavy atom. The highest BCUT2D eigenvalue weighted by Crippen LogP contribution is 2.26. The van der Waals surface area contributed by atoms with Gasteiger partial charge in [0.1, 0.15) is 5.69 Å². The van der Waals surface area contributed by atoms with Crippen molar-refractivity contribution >= 4 is 17.3 Å². The number of hydrogen-bond acceptors (Lipinski definition) is 4. The smallest absolute Gasteiger partial charge is 0.270 e. The first-order valence-corrected chi connectivity index (χ1v) is 7.71. The summed E-state index contributed by atoms with van der Waals surface area (Å²) in [6, 6.07) is 11.8. The zero-order chi connectivity index (χ0) is 16.7. The number of ether oxygens (including phenoxy) is 1. The number of nitrogens with zero attached hydrogens (tertiary/aromatic N) is 1. The minimum atomic E-state index is -0.206. The molecule has 0 atom stereocenters. The Morgan fingerprint density at radius 3 is 2.78 bits per heavy atom. The zero-order valence-corrected chi connectivity index (χ0v) is 13.8. The SMILES string of the molecule is COCCNC(=O)c1cc(Nc2ccccc2C(C)C)ccn1. The van der Waals surface area contributed by atoms with Gasteiger partial charge in [0.25, 0.3) is 5.91 Å². The number of amides is 1. The molecule has 5 nitrogen and oxygen atoms in total. The monoisotopic (exact) mass is 313 g/mol. The molecule has 0 aliphatic rings. The lowest BCUT2D eigenvalue weighted by Gasteiger charge is -2.15. The van der Waals surface area contributed by atoms with Gasteiger partial charge in [-0.15, -0.1) is 0 Å². The molecular weight excluding hydrogens is 290 g/mol. The van der Waals surface area contributed by atoms with E-state index in [4.69, 9.17) is 4.74 Å². The first kappa shape index (κ1) is 17.0. The molecule has 0 unspecified atom stereocenters. The van der Waals surface area contributed by atoms with Crippen molar-refractivity contribution in [2.45, 2.75) is 19.8 Å². The molecule has 0 saturated carbocycles. The Labute approximate surface area is 137 Å². The van der Waals surface area contributed by atoms with Crippen molar-refractivity contribution in [2.24, 2.45) is 0 Å². The molecule has 0 fully saturated rings. The number of para-hydroxylation sites is 1. The summed E-state index contributed by atoms with van der Waals surface area (Å²) in [5.74, 6) is 0.209. The minimum Gasteiger partial charge on any atom is -0.383 e. The molecule has 0 radical (unpaired) electrons. The van der Waals surface area contributed by atoms with E-state index in [2.05, 4.69) is 35.5 Å². The number of carbonyl (C=O) groups excluding carboxylic acids is 1. The van der Waals surface area contributed by atoms with Crippen LogP contribution < -0.4 is 10.6 Å². The summed E-state index contributed by atoms with van der Waals surface area (Å²) in [6.45, 7) is 5.25. The highest BCUT2D eigenvalue weighted by Gasteiger charge is 2.09. The molecule has 2 rings (SSSR count). The van der Waals surface area contributed by atoms with E-state index in [-0.39, 0.29) is 5.91 Å². The van der Waals surface area contributed by atoms with Crippen molar-refractivity contribution in [1.29, 1.82) is 0 Å². The van der Waals surface area contributed by atoms with Crippen LogP contribution in [0.4, 0.5) is 11.4 Å². The highest BCUT2D eigenvalue weighted by molar-refractivity contribution is 5.93. The van der Waals surface area contributed by atoms with Crippen molar-refractivity contribution < 1.29 is 9.53 Å². The second-order valence-electron chi connectivity index (χ2n) is 5.55. The van der Waals surface area contributed by atoms with Crippen LogP contribution >= 0.6 is 0 Å². The number of hydrogen-bond donors (Lipinski definition) is 2. The fourth-order valence-corrected chi connectivity index (χ4v) is 2.26. The van der Waals surface area contributed by atoms with Crippen molar-refractivity contribution in [3.05, 3.63) is 53.9 Å². The quantitative estimate of drug-likeness (QED) is 0.770. The van der Waals surface area contributed by atoms with E-state index in [1.165, 1.54) is 5.56 Å². The molecule has 1 heterocycles. The zero-order valence-electron chi connectivity index (χ0n) is 13.8. The fourth-order valence-electron chi connectivity index (χ4n) is 2.26. The van der Waals surface area contributed by atoms with E-state index in [1.54, 1.807) is 19.4 Å². The van der Waals surface area contributed by atoms with Gasteiger partial charge in [0.2, 0.25) is 0 Å². The molecular formula is C18H23N3O2. The van der Waals surface area contributed by atoms with Gasteiger partial charge in [0.15, 0.2) is 0 Å². The van der Waals surface area contributed by atoms with Crippen molar-refractivity contribution in [1.82, 2.24) is 10.3 Å². The van der Waals surface area contributed by atoms with Crippen LogP contribution in [-0.2, 0) is 4.74 Å². The van der Waals surface area contributed by atoms with Gasteiger partial charge in [-0.2, -0.15) is 0 Å². The lowest BCUT2D eigenvalue weighted by molar-refractivity contribution is 0.0932. The molecule has 1 amide bonds. The highest BCUT2D eigenvalue weighted by atomic mass is 16.5. The van der Waals surface area contributed by atoms with E-state index in [0.717, 1.165) is 11.4 Å². The van der Waals surface area contributed by atoms with Crippen LogP contribution in [0, 0.1) is 0 Å². The maximum Gasteiger partial charge on any atom is 0.270 e. The first-order chi connectivity index (χ1) is 11.1. The lowest BCUT2D eigenvalue weighted by Crippen LogP contribution is -2.27. The fraction of sp³-hybridized carbons (Fsp3) is 0.333. The van der Waals surface area contributed by atoms with Crippen molar-refractivity contribution in [2.75, 3.05) is 25.6 Å². The summed E-state index contributed by atoms with van der Waals surface area (Å²) < 4.78 is 4.92. The Kier molecular flexibility index (Phi) is 6.11. The van der Waals surface area contributed by atoms with Gasteiger partial charge in [-0.25, -0.2) is 0 Å². The standard InChI is InChI=1S/C18H23N3O2/c1-13(2)15-6-4-5-7-16(15)21-14-8-9-19-17(12-14)18(22)20-10-11-23-3/h4-9,12-13H,10-11H2,1-3H3,(H,19,21)(H,20,22). The second-order valence-corrected chi connectivity index (χ2v) is 5.55. The average molecular weight is 313 g/mol. The van der Waals surface area contributed by atoms with Gasteiger partial charge < -0.3 is 15.4 Å². The summed E-state index contributed by atoms with van der Waals surface area (Å²) in [5.41, 5.74) is 3.49. The van der Waals surface area contributed by atoms with Gasteiger partial charge in [0, 0.05) is 31.2 Å². The number of rotatable bonds is 7. The summed E-state index contributed by atoms with van der Waals surface area (Å²) in [4.78, 5) is 16.2. The summed E-state index contributed by atoms with van der Waals surface area (Å²) in [5, 5.41) is 6.14. The first-order valence-electron chi connectivity index (χ1n) is 7.71. The van der Waals surface area contributed by atoms with E-state index in [1.807, 2.05) is 24.3 Å². The molecule has 2 aromatic rings. The molecule has 0 aliphatic heterocycles. The lowest BCUT2D eigenvalue weighted by atomic mass is 10.0. The number of methoxy groups -OCH3 is 1. The molecule has 0 bridgehead atoms. The maximum atomic E-state index is 12.0. The summed E-state index contributed by atoms with van der Waals surface area (Å²) >= 11 is 0.